The van der Waals surface area contributed by atoms with Crippen LogP contribution in [0.2, 0.25) is 0 Å². The van der Waals surface area contributed by atoms with Crippen molar-refractivity contribution >= 4 is 5.91 Å². The molecule has 3 nitrogen and oxygen atoms in total. The number of carbonyl (C=O) groups excluding carboxylic acids is 1. The van der Waals surface area contributed by atoms with Crippen LogP contribution in [0, 0.1) is 5.82 Å². The number of nitrogens with one attached hydrogen (secondary N) is 2. The first-order chi connectivity index (χ1) is 8.04. The van der Waals surface area contributed by atoms with E-state index in [1.165, 1.54) is 12.1 Å². The Morgan fingerprint density at radius 3 is 2.71 bits per heavy atom. The monoisotopic (exact) mass is 238 g/mol. The van der Waals surface area contributed by atoms with Crippen molar-refractivity contribution in [3.05, 3.63) is 35.6 Å². The summed E-state index contributed by atoms with van der Waals surface area (Å²) in [5, 5.41) is 5.87. The lowest BCUT2D eigenvalue weighted by molar-refractivity contribution is -0.122. The van der Waals surface area contributed by atoms with Gasteiger partial charge in [-0.2, -0.15) is 0 Å². The van der Waals surface area contributed by atoms with Crippen LogP contribution in [-0.2, 0) is 4.79 Å². The number of hydrogen-bond acceptors (Lipinski definition) is 2. The molecule has 17 heavy (non-hydrogen) atoms. The van der Waals surface area contributed by atoms with Crippen molar-refractivity contribution in [3.8, 4) is 0 Å². The zero-order valence-electron chi connectivity index (χ0n) is 10.5. The minimum Gasteiger partial charge on any atom is -0.355 e. The third-order valence-corrected chi connectivity index (χ3v) is 2.59. The Morgan fingerprint density at radius 2 is 2.12 bits per heavy atom. The van der Waals surface area contributed by atoms with Crippen LogP contribution in [0.4, 0.5) is 4.39 Å². The average Bonchev–Trinajstić information content (AvgIpc) is 2.29. The van der Waals surface area contributed by atoms with Gasteiger partial charge in [0.1, 0.15) is 5.82 Å². The summed E-state index contributed by atoms with van der Waals surface area (Å²) in [5.74, 6) is -0.308. The third-order valence-electron chi connectivity index (χ3n) is 2.59. The first kappa shape index (κ1) is 13.6. The highest BCUT2D eigenvalue weighted by Gasteiger charge is 2.15. The quantitative estimate of drug-likeness (QED) is 0.823. The first-order valence-corrected chi connectivity index (χ1v) is 5.83. The summed E-state index contributed by atoms with van der Waals surface area (Å²) in [6, 6.07) is 6.02. The van der Waals surface area contributed by atoms with Crippen molar-refractivity contribution < 1.29 is 9.18 Å². The number of likely N-dealkylation sites (N-methyl/N-ethyl adjacent to an activating group) is 1. The highest BCUT2D eigenvalue weighted by Crippen LogP contribution is 2.13. The van der Waals surface area contributed by atoms with Crippen LogP contribution in [0.5, 0.6) is 0 Å². The highest BCUT2D eigenvalue weighted by atomic mass is 19.1. The number of carbonyl (C=O) groups is 1. The Bertz CT molecular complexity index is 381. The molecule has 1 rings (SSSR count). The summed E-state index contributed by atoms with van der Waals surface area (Å²) in [5.41, 5.74) is 0.834. The normalized spacial score (nSPS) is 14.1. The molecule has 1 aromatic rings. The van der Waals surface area contributed by atoms with Crippen LogP contribution in [0.25, 0.3) is 0 Å². The molecule has 4 heteroatoms. The summed E-state index contributed by atoms with van der Waals surface area (Å²) in [6.07, 6.45) is 0. The van der Waals surface area contributed by atoms with Gasteiger partial charge in [0.2, 0.25) is 5.91 Å². The Hall–Kier alpha value is -1.42. The van der Waals surface area contributed by atoms with Gasteiger partial charge in [-0.15, -0.1) is 0 Å². The maximum atomic E-state index is 13.0. The molecule has 2 atom stereocenters. The van der Waals surface area contributed by atoms with E-state index < -0.39 is 0 Å². The molecule has 1 aromatic carbocycles. The molecular formula is C13H19FN2O. The van der Waals surface area contributed by atoms with E-state index in [1.807, 2.05) is 19.9 Å². The van der Waals surface area contributed by atoms with Gasteiger partial charge in [0.25, 0.3) is 0 Å². The molecule has 2 N–H and O–H groups in total. The molecule has 1 unspecified atom stereocenters. The zero-order valence-corrected chi connectivity index (χ0v) is 10.5. The predicted octanol–water partition coefficient (Wildman–Crippen LogP) is 2.00. The van der Waals surface area contributed by atoms with Crippen LogP contribution in [0.1, 0.15) is 32.4 Å². The van der Waals surface area contributed by atoms with E-state index in [0.29, 0.717) is 6.54 Å². The van der Waals surface area contributed by atoms with Crippen molar-refractivity contribution in [2.75, 3.05) is 6.54 Å². The second-order valence-corrected chi connectivity index (χ2v) is 4.06. The molecule has 0 heterocycles. The van der Waals surface area contributed by atoms with Crippen molar-refractivity contribution in [1.29, 1.82) is 0 Å². The van der Waals surface area contributed by atoms with E-state index in [9.17, 15) is 9.18 Å². The van der Waals surface area contributed by atoms with E-state index in [-0.39, 0.29) is 23.8 Å². The maximum absolute atomic E-state index is 13.0. The fourth-order valence-electron chi connectivity index (χ4n) is 1.65. The smallest absolute Gasteiger partial charge is 0.236 e. The van der Waals surface area contributed by atoms with Crippen molar-refractivity contribution in [2.45, 2.75) is 32.9 Å². The summed E-state index contributed by atoms with van der Waals surface area (Å²) in [7, 11) is 0. The van der Waals surface area contributed by atoms with Crippen molar-refractivity contribution in [2.24, 2.45) is 0 Å². The molecule has 0 saturated heterocycles. The molecule has 0 fully saturated rings. The summed E-state index contributed by atoms with van der Waals surface area (Å²) in [6.45, 7) is 6.19. The van der Waals surface area contributed by atoms with Crippen LogP contribution in [-0.4, -0.2) is 18.5 Å². The fraction of sp³-hybridized carbons (Fsp3) is 0.462. The largest absolute Gasteiger partial charge is 0.355 e. The van der Waals surface area contributed by atoms with E-state index in [0.717, 1.165) is 5.56 Å². The highest BCUT2D eigenvalue weighted by molar-refractivity contribution is 5.81. The number of rotatable bonds is 5. The van der Waals surface area contributed by atoms with Gasteiger partial charge in [0, 0.05) is 12.6 Å². The molecule has 0 aromatic heterocycles. The minimum absolute atomic E-state index is 0.0456. The molecule has 94 valence electrons. The van der Waals surface area contributed by atoms with E-state index in [1.54, 1.807) is 13.0 Å². The molecule has 0 spiro atoms. The lowest BCUT2D eigenvalue weighted by Gasteiger charge is -2.19. The van der Waals surface area contributed by atoms with Crippen molar-refractivity contribution in [3.63, 3.8) is 0 Å². The third kappa shape index (κ3) is 4.15. The van der Waals surface area contributed by atoms with Crippen LogP contribution in [0.3, 0.4) is 0 Å². The molecule has 0 aliphatic heterocycles. The standard InChI is InChI=1S/C13H19FN2O/c1-4-15-13(17)10(3)16-9(2)11-6-5-7-12(14)8-11/h5-10,16H,4H2,1-3H3,(H,15,17)/t9-,10?/m0/s1. The molecule has 0 saturated carbocycles. The second kappa shape index (κ2) is 6.35. The summed E-state index contributed by atoms with van der Waals surface area (Å²) >= 11 is 0. The van der Waals surface area contributed by atoms with Gasteiger partial charge >= 0.3 is 0 Å². The Morgan fingerprint density at radius 1 is 1.41 bits per heavy atom. The van der Waals surface area contributed by atoms with Crippen LogP contribution >= 0.6 is 0 Å². The number of hydrogen-bond donors (Lipinski definition) is 2. The van der Waals surface area contributed by atoms with Gasteiger partial charge in [-0.3, -0.25) is 10.1 Å². The van der Waals surface area contributed by atoms with Gasteiger partial charge in [0.05, 0.1) is 6.04 Å². The maximum Gasteiger partial charge on any atom is 0.236 e. The fourth-order valence-corrected chi connectivity index (χ4v) is 1.65. The molecular weight excluding hydrogens is 219 g/mol. The van der Waals surface area contributed by atoms with E-state index in [2.05, 4.69) is 10.6 Å². The average molecular weight is 238 g/mol. The number of halogens is 1. The molecule has 0 bridgehead atoms. The van der Waals surface area contributed by atoms with Gasteiger partial charge in [-0.25, -0.2) is 4.39 Å². The molecule has 0 aliphatic rings. The molecule has 0 radical (unpaired) electrons. The summed E-state index contributed by atoms with van der Waals surface area (Å²) in [4.78, 5) is 11.5. The van der Waals surface area contributed by atoms with E-state index in [4.69, 9.17) is 0 Å². The summed E-state index contributed by atoms with van der Waals surface area (Å²) < 4.78 is 13.0. The van der Waals surface area contributed by atoms with Gasteiger partial charge in [-0.1, -0.05) is 12.1 Å². The second-order valence-electron chi connectivity index (χ2n) is 4.06. The SMILES string of the molecule is CCNC(=O)C(C)N[C@@H](C)c1cccc(F)c1. The van der Waals surface area contributed by atoms with E-state index >= 15 is 0 Å². The number of benzene rings is 1. The Kier molecular flexibility index (Phi) is 5.10. The van der Waals surface area contributed by atoms with Gasteiger partial charge in [0.15, 0.2) is 0 Å². The van der Waals surface area contributed by atoms with Gasteiger partial charge < -0.3 is 5.32 Å². The Balaban J connectivity index is 2.60. The Labute approximate surface area is 101 Å². The van der Waals surface area contributed by atoms with Crippen molar-refractivity contribution in [1.82, 2.24) is 10.6 Å². The topological polar surface area (TPSA) is 41.1 Å². The molecule has 0 aliphatic carbocycles. The van der Waals surface area contributed by atoms with Crippen LogP contribution in [0.15, 0.2) is 24.3 Å². The van der Waals surface area contributed by atoms with Gasteiger partial charge in [-0.05, 0) is 38.5 Å². The first-order valence-electron chi connectivity index (χ1n) is 5.83. The molecule has 1 amide bonds. The minimum atomic E-state index is -0.298. The zero-order chi connectivity index (χ0) is 12.8. The number of amides is 1. The lowest BCUT2D eigenvalue weighted by Crippen LogP contribution is -2.43. The predicted molar refractivity (Wildman–Crippen MR) is 66.1 cm³/mol. The van der Waals surface area contributed by atoms with Crippen LogP contribution < -0.4 is 10.6 Å². The lowest BCUT2D eigenvalue weighted by atomic mass is 10.1.